The zero-order valence-corrected chi connectivity index (χ0v) is 21.0. The first kappa shape index (κ1) is 25.4. The highest BCUT2D eigenvalue weighted by Gasteiger charge is 2.33. The number of thiophene rings is 1. The molecule has 8 nitrogen and oxygen atoms in total. The molecule has 2 N–H and O–H groups in total. The minimum absolute atomic E-state index is 0.184. The van der Waals surface area contributed by atoms with Crippen LogP contribution in [-0.2, 0) is 9.59 Å². The molecule has 0 bridgehead atoms. The third kappa shape index (κ3) is 5.76. The van der Waals surface area contributed by atoms with Gasteiger partial charge in [0.1, 0.15) is 17.3 Å². The van der Waals surface area contributed by atoms with E-state index in [1.165, 1.54) is 41.5 Å². The second kappa shape index (κ2) is 11.4. The molecule has 36 heavy (non-hydrogen) atoms. The number of carbonyl (C=O) groups excluding carboxylic acids is 3. The maximum absolute atomic E-state index is 13.8. The Morgan fingerprint density at radius 3 is 2.69 bits per heavy atom. The fourth-order valence-corrected chi connectivity index (χ4v) is 4.84. The van der Waals surface area contributed by atoms with Crippen LogP contribution in [0.5, 0.6) is 5.75 Å². The van der Waals surface area contributed by atoms with Crippen LogP contribution in [0.2, 0.25) is 5.02 Å². The molecule has 2 heterocycles. The van der Waals surface area contributed by atoms with Gasteiger partial charge in [-0.2, -0.15) is 0 Å². The number of nitrogens with one attached hydrogen (secondary N) is 2. The minimum Gasteiger partial charge on any atom is -0.495 e. The van der Waals surface area contributed by atoms with Gasteiger partial charge in [-0.3, -0.25) is 30.1 Å². The van der Waals surface area contributed by atoms with Crippen LogP contribution in [0.15, 0.2) is 70.7 Å². The van der Waals surface area contributed by atoms with Crippen LogP contribution in [0.25, 0.3) is 6.08 Å². The van der Waals surface area contributed by atoms with Gasteiger partial charge in [0.05, 0.1) is 29.1 Å². The largest absolute Gasteiger partial charge is 0.495 e. The Hall–Kier alpha value is -3.67. The number of nitrogens with zero attached hydrogens (tertiary/aromatic N) is 2. The molecule has 0 radical (unpaired) electrons. The van der Waals surface area contributed by atoms with Crippen LogP contribution >= 0.6 is 34.7 Å². The maximum atomic E-state index is 13.8. The quantitative estimate of drug-likeness (QED) is 0.352. The molecule has 0 aliphatic carbocycles. The van der Waals surface area contributed by atoms with Crippen molar-refractivity contribution in [1.29, 1.82) is 0 Å². The van der Waals surface area contributed by atoms with Crippen molar-refractivity contribution >= 4 is 69.4 Å². The van der Waals surface area contributed by atoms with E-state index in [4.69, 9.17) is 16.3 Å². The van der Waals surface area contributed by atoms with E-state index in [1.807, 2.05) is 17.5 Å². The number of hydrogen-bond acceptors (Lipinski definition) is 7. The van der Waals surface area contributed by atoms with E-state index in [2.05, 4.69) is 15.8 Å². The molecular weight excluding hydrogens is 527 g/mol. The van der Waals surface area contributed by atoms with Crippen molar-refractivity contribution in [3.8, 4) is 5.75 Å². The Labute approximate surface area is 218 Å². The Bertz CT molecular complexity index is 1380. The van der Waals surface area contributed by atoms with Crippen LogP contribution in [0.3, 0.4) is 0 Å². The van der Waals surface area contributed by atoms with Gasteiger partial charge in [0.15, 0.2) is 5.17 Å². The summed E-state index contributed by atoms with van der Waals surface area (Å²) in [6, 6.07) is 14.0. The lowest BCUT2D eigenvalue weighted by molar-refractivity contribution is -0.119. The second-order valence-electron chi connectivity index (χ2n) is 7.17. The molecule has 0 saturated carbocycles. The van der Waals surface area contributed by atoms with Crippen molar-refractivity contribution < 1.29 is 23.5 Å². The van der Waals surface area contributed by atoms with Crippen LogP contribution in [0, 0.1) is 5.82 Å². The molecular formula is C24H18ClFN4O4S2. The summed E-state index contributed by atoms with van der Waals surface area (Å²) in [7, 11) is 1.48. The van der Waals surface area contributed by atoms with Crippen molar-refractivity contribution in [3.05, 3.63) is 87.0 Å². The highest BCUT2D eigenvalue weighted by molar-refractivity contribution is 8.14. The fourth-order valence-electron chi connectivity index (χ4n) is 3.13. The lowest BCUT2D eigenvalue weighted by atomic mass is 10.2. The zero-order valence-electron chi connectivity index (χ0n) is 18.7. The predicted octanol–water partition coefficient (Wildman–Crippen LogP) is 4.49. The highest BCUT2D eigenvalue weighted by atomic mass is 35.5. The van der Waals surface area contributed by atoms with Gasteiger partial charge in [0.25, 0.3) is 11.8 Å². The number of carbonyl (C=O) groups is 3. The lowest BCUT2D eigenvalue weighted by Gasteiger charge is -2.18. The monoisotopic (exact) mass is 544 g/mol. The van der Waals surface area contributed by atoms with Crippen molar-refractivity contribution in [3.63, 3.8) is 0 Å². The van der Waals surface area contributed by atoms with E-state index < -0.39 is 17.6 Å². The normalized spacial score (nSPS) is 14.1. The van der Waals surface area contributed by atoms with Crippen molar-refractivity contribution in [1.82, 2.24) is 10.9 Å². The van der Waals surface area contributed by atoms with Gasteiger partial charge in [-0.05, 0) is 47.9 Å². The molecule has 4 rings (SSSR count). The van der Waals surface area contributed by atoms with Crippen LogP contribution in [0.1, 0.15) is 15.2 Å². The van der Waals surface area contributed by atoms with E-state index in [0.717, 1.165) is 22.7 Å². The Kier molecular flexibility index (Phi) is 8.04. The number of thioether (sulfide) groups is 1. The van der Waals surface area contributed by atoms with Crippen LogP contribution < -0.4 is 20.5 Å². The van der Waals surface area contributed by atoms with E-state index in [-0.39, 0.29) is 28.1 Å². The maximum Gasteiger partial charge on any atom is 0.283 e. The molecule has 3 aromatic rings. The number of hydrogen-bond donors (Lipinski definition) is 2. The number of benzene rings is 2. The van der Waals surface area contributed by atoms with Crippen molar-refractivity contribution in [2.45, 2.75) is 0 Å². The standard InChI is InChI=1S/C24H18ClFN4O4S2/c1-34-20-9-8-14(11-17(20)25)30-23(33)19(12-15-5-4-10-35-15)27-24(30)36-13-21(31)28-29-22(32)16-6-2-3-7-18(16)26/h2-12H,13H2,1H3,(H,28,31)(H,29,32)/b19-12-. The summed E-state index contributed by atoms with van der Waals surface area (Å²) >= 11 is 8.70. The van der Waals surface area contributed by atoms with Gasteiger partial charge in [-0.1, -0.05) is 41.6 Å². The first-order valence-corrected chi connectivity index (χ1v) is 12.6. The fraction of sp³-hybridized carbons (Fsp3) is 0.0833. The number of hydrazine groups is 1. The first-order chi connectivity index (χ1) is 17.4. The topological polar surface area (TPSA) is 100 Å². The summed E-state index contributed by atoms with van der Waals surface area (Å²) in [5, 5.41) is 2.43. The SMILES string of the molecule is COc1ccc(N2C(=O)/C(=C/c3cccs3)N=C2SCC(=O)NNC(=O)c2ccccc2F)cc1Cl. The molecule has 2 aromatic carbocycles. The molecule has 3 amide bonds. The molecule has 1 aliphatic rings. The third-order valence-corrected chi connectivity index (χ3v) is 6.86. The van der Waals surface area contributed by atoms with Crippen molar-refractivity contribution in [2.24, 2.45) is 4.99 Å². The van der Waals surface area contributed by atoms with E-state index in [9.17, 15) is 18.8 Å². The summed E-state index contributed by atoms with van der Waals surface area (Å²) in [6.07, 6.45) is 1.66. The molecule has 184 valence electrons. The van der Waals surface area contributed by atoms with Crippen LogP contribution in [0.4, 0.5) is 10.1 Å². The number of halogens is 2. The molecule has 0 atom stereocenters. The number of amidine groups is 1. The molecule has 0 spiro atoms. The number of ether oxygens (including phenoxy) is 1. The molecule has 0 unspecified atom stereocenters. The Morgan fingerprint density at radius 1 is 1.19 bits per heavy atom. The number of amides is 3. The van der Waals surface area contributed by atoms with E-state index in [0.29, 0.717) is 16.5 Å². The smallest absolute Gasteiger partial charge is 0.283 e. The average molecular weight is 545 g/mol. The minimum atomic E-state index is -0.796. The van der Waals surface area contributed by atoms with Crippen LogP contribution in [-0.4, -0.2) is 35.8 Å². The summed E-state index contributed by atoms with van der Waals surface area (Å²) in [4.78, 5) is 44.3. The summed E-state index contributed by atoms with van der Waals surface area (Å²) in [5.74, 6) is -2.22. The lowest BCUT2D eigenvalue weighted by Crippen LogP contribution is -2.43. The number of rotatable bonds is 6. The summed E-state index contributed by atoms with van der Waals surface area (Å²) < 4.78 is 18.9. The van der Waals surface area contributed by atoms with Gasteiger partial charge in [-0.15, -0.1) is 11.3 Å². The zero-order chi connectivity index (χ0) is 25.7. The number of methoxy groups -OCH3 is 1. The van der Waals surface area contributed by atoms with Gasteiger partial charge in [-0.25, -0.2) is 9.38 Å². The first-order valence-electron chi connectivity index (χ1n) is 10.4. The van der Waals surface area contributed by atoms with Gasteiger partial charge in [0, 0.05) is 4.88 Å². The van der Waals surface area contributed by atoms with Gasteiger partial charge in [0.2, 0.25) is 5.91 Å². The Morgan fingerprint density at radius 2 is 2.00 bits per heavy atom. The van der Waals surface area contributed by atoms with Gasteiger partial charge < -0.3 is 4.74 Å². The Balaban J connectivity index is 1.49. The average Bonchev–Trinajstić information content (AvgIpc) is 3.49. The molecule has 1 aliphatic heterocycles. The predicted molar refractivity (Wildman–Crippen MR) is 140 cm³/mol. The third-order valence-electron chi connectivity index (χ3n) is 4.81. The highest BCUT2D eigenvalue weighted by Crippen LogP contribution is 2.34. The molecule has 1 aromatic heterocycles. The molecule has 0 fully saturated rings. The summed E-state index contributed by atoms with van der Waals surface area (Å²) in [5.41, 5.74) is 4.84. The van der Waals surface area contributed by atoms with E-state index >= 15 is 0 Å². The molecule has 12 heteroatoms. The van der Waals surface area contributed by atoms with Gasteiger partial charge >= 0.3 is 0 Å². The van der Waals surface area contributed by atoms with E-state index in [1.54, 1.807) is 24.3 Å². The summed E-state index contributed by atoms with van der Waals surface area (Å²) in [6.45, 7) is 0. The number of anilines is 1. The van der Waals surface area contributed by atoms with Crippen molar-refractivity contribution in [2.75, 3.05) is 17.8 Å². The molecule has 0 saturated heterocycles. The second-order valence-corrected chi connectivity index (χ2v) is 9.50. The number of aliphatic imine (C=N–C) groups is 1.